The molecule has 0 radical (unpaired) electrons. The molecule has 1 rings (SSSR count). The SMILES string of the molecule is CCOC(=O)CNc1cc(C)nc(N(CC)CC)c1[N+](=O)[O-]. The van der Waals surface area contributed by atoms with Crippen LogP contribution in [0.5, 0.6) is 0 Å². The molecule has 0 bridgehead atoms. The van der Waals surface area contributed by atoms with Gasteiger partial charge in [0.25, 0.3) is 0 Å². The zero-order chi connectivity index (χ0) is 16.7. The number of nitro groups is 1. The van der Waals surface area contributed by atoms with Crippen molar-refractivity contribution < 1.29 is 14.5 Å². The lowest BCUT2D eigenvalue weighted by Crippen LogP contribution is -2.25. The van der Waals surface area contributed by atoms with Crippen molar-refractivity contribution in [3.8, 4) is 0 Å². The first-order valence-corrected chi connectivity index (χ1v) is 7.24. The van der Waals surface area contributed by atoms with Gasteiger partial charge in [-0.3, -0.25) is 14.9 Å². The molecule has 0 aliphatic carbocycles. The number of hydrogen-bond acceptors (Lipinski definition) is 7. The van der Waals surface area contributed by atoms with Crippen LogP contribution in [-0.4, -0.2) is 42.1 Å². The minimum absolute atomic E-state index is 0.126. The average molecular weight is 310 g/mol. The Kier molecular flexibility index (Phi) is 6.55. The summed E-state index contributed by atoms with van der Waals surface area (Å²) in [5, 5.41) is 14.2. The molecule has 0 aliphatic rings. The number of aryl methyl sites for hydroxylation is 1. The molecule has 0 amide bonds. The molecule has 0 aliphatic heterocycles. The zero-order valence-corrected chi connectivity index (χ0v) is 13.4. The molecule has 8 nitrogen and oxygen atoms in total. The second-order valence-corrected chi connectivity index (χ2v) is 4.57. The van der Waals surface area contributed by atoms with Crippen molar-refractivity contribution in [3.05, 3.63) is 21.9 Å². The van der Waals surface area contributed by atoms with Gasteiger partial charge in [-0.25, -0.2) is 4.98 Å². The third-order valence-corrected chi connectivity index (χ3v) is 3.08. The van der Waals surface area contributed by atoms with Gasteiger partial charge in [-0.2, -0.15) is 0 Å². The second kappa shape index (κ2) is 8.16. The maximum absolute atomic E-state index is 11.4. The molecule has 0 fully saturated rings. The van der Waals surface area contributed by atoms with E-state index in [0.29, 0.717) is 24.6 Å². The highest BCUT2D eigenvalue weighted by Gasteiger charge is 2.25. The molecule has 22 heavy (non-hydrogen) atoms. The van der Waals surface area contributed by atoms with Gasteiger partial charge in [-0.05, 0) is 33.8 Å². The number of esters is 1. The predicted molar refractivity (Wildman–Crippen MR) is 84.3 cm³/mol. The highest BCUT2D eigenvalue weighted by Crippen LogP contribution is 2.34. The number of hydrogen-bond donors (Lipinski definition) is 1. The molecule has 0 aromatic carbocycles. The lowest BCUT2D eigenvalue weighted by molar-refractivity contribution is -0.383. The minimum atomic E-state index is -0.479. The van der Waals surface area contributed by atoms with Crippen molar-refractivity contribution in [1.82, 2.24) is 4.98 Å². The van der Waals surface area contributed by atoms with E-state index in [2.05, 4.69) is 10.3 Å². The van der Waals surface area contributed by atoms with Gasteiger partial charge in [0.1, 0.15) is 12.2 Å². The second-order valence-electron chi connectivity index (χ2n) is 4.57. The number of carbonyl (C=O) groups is 1. The third-order valence-electron chi connectivity index (χ3n) is 3.08. The fraction of sp³-hybridized carbons (Fsp3) is 0.571. The van der Waals surface area contributed by atoms with Crippen molar-refractivity contribution in [2.45, 2.75) is 27.7 Å². The number of ether oxygens (including phenoxy) is 1. The Hall–Kier alpha value is -2.38. The number of carbonyl (C=O) groups excluding carboxylic acids is 1. The van der Waals surface area contributed by atoms with Crippen LogP contribution in [-0.2, 0) is 9.53 Å². The fourth-order valence-corrected chi connectivity index (χ4v) is 2.09. The standard InChI is InChI=1S/C14H22N4O4/c1-5-17(6-2)14-13(18(20)21)11(8-10(4)16-14)15-9-12(19)22-7-3/h8H,5-7,9H2,1-4H3,(H,15,16). The zero-order valence-electron chi connectivity index (χ0n) is 13.4. The van der Waals surface area contributed by atoms with Gasteiger partial charge in [-0.1, -0.05) is 0 Å². The molecule has 0 saturated carbocycles. The molecule has 122 valence electrons. The largest absolute Gasteiger partial charge is 0.465 e. The molecule has 0 atom stereocenters. The first kappa shape index (κ1) is 17.7. The summed E-state index contributed by atoms with van der Waals surface area (Å²) >= 11 is 0. The molecule has 1 aromatic heterocycles. The number of rotatable bonds is 8. The quantitative estimate of drug-likeness (QED) is 0.446. The molecule has 1 aromatic rings. The highest BCUT2D eigenvalue weighted by molar-refractivity contribution is 5.80. The Labute approximate surface area is 129 Å². The van der Waals surface area contributed by atoms with E-state index in [4.69, 9.17) is 4.74 Å². The van der Waals surface area contributed by atoms with Crippen LogP contribution in [0, 0.1) is 17.0 Å². The van der Waals surface area contributed by atoms with Crippen molar-refractivity contribution in [2.75, 3.05) is 36.5 Å². The normalized spacial score (nSPS) is 10.2. The van der Waals surface area contributed by atoms with E-state index >= 15 is 0 Å². The molecule has 0 spiro atoms. The number of anilines is 2. The van der Waals surface area contributed by atoms with Gasteiger partial charge in [-0.15, -0.1) is 0 Å². The fourth-order valence-electron chi connectivity index (χ4n) is 2.09. The van der Waals surface area contributed by atoms with E-state index in [1.165, 1.54) is 0 Å². The van der Waals surface area contributed by atoms with E-state index in [0.717, 1.165) is 0 Å². The summed E-state index contributed by atoms with van der Waals surface area (Å²) < 4.78 is 4.82. The lowest BCUT2D eigenvalue weighted by atomic mass is 10.2. The van der Waals surface area contributed by atoms with Crippen molar-refractivity contribution in [3.63, 3.8) is 0 Å². The molecule has 0 saturated heterocycles. The number of pyridine rings is 1. The maximum atomic E-state index is 11.4. The van der Waals surface area contributed by atoms with E-state index in [9.17, 15) is 14.9 Å². The minimum Gasteiger partial charge on any atom is -0.465 e. The molecular formula is C14H22N4O4. The van der Waals surface area contributed by atoms with Crippen LogP contribution in [0.1, 0.15) is 26.5 Å². The Morgan fingerprint density at radius 1 is 1.41 bits per heavy atom. The number of nitrogens with zero attached hydrogens (tertiary/aromatic N) is 3. The summed E-state index contributed by atoms with van der Waals surface area (Å²) in [6.45, 7) is 8.61. The van der Waals surface area contributed by atoms with Gasteiger partial charge >= 0.3 is 11.7 Å². The summed E-state index contributed by atoms with van der Waals surface area (Å²) in [5.41, 5.74) is 0.782. The maximum Gasteiger partial charge on any atom is 0.334 e. The van der Waals surface area contributed by atoms with E-state index < -0.39 is 10.9 Å². The molecule has 0 unspecified atom stereocenters. The summed E-state index contributed by atoms with van der Waals surface area (Å²) in [5.74, 6) is -0.156. The van der Waals surface area contributed by atoms with Crippen LogP contribution in [0.2, 0.25) is 0 Å². The number of nitrogens with one attached hydrogen (secondary N) is 1. The first-order chi connectivity index (χ1) is 10.4. The van der Waals surface area contributed by atoms with Crippen LogP contribution in [0.3, 0.4) is 0 Å². The van der Waals surface area contributed by atoms with Gasteiger partial charge < -0.3 is 15.0 Å². The molecule has 1 heterocycles. The Bertz CT molecular complexity index is 544. The Balaban J connectivity index is 3.20. The highest BCUT2D eigenvalue weighted by atomic mass is 16.6. The van der Waals surface area contributed by atoms with E-state index in [-0.39, 0.29) is 24.5 Å². The Morgan fingerprint density at radius 2 is 2.05 bits per heavy atom. The molecular weight excluding hydrogens is 288 g/mol. The smallest absolute Gasteiger partial charge is 0.334 e. The van der Waals surface area contributed by atoms with Crippen LogP contribution in [0.25, 0.3) is 0 Å². The summed E-state index contributed by atoms with van der Waals surface area (Å²) in [7, 11) is 0. The topological polar surface area (TPSA) is 97.6 Å². The lowest BCUT2D eigenvalue weighted by Gasteiger charge is -2.21. The van der Waals surface area contributed by atoms with Crippen molar-refractivity contribution in [1.29, 1.82) is 0 Å². The van der Waals surface area contributed by atoms with Crippen molar-refractivity contribution >= 4 is 23.2 Å². The summed E-state index contributed by atoms with van der Waals surface area (Å²) in [6, 6.07) is 1.56. The van der Waals surface area contributed by atoms with Gasteiger partial charge in [0.15, 0.2) is 0 Å². The monoisotopic (exact) mass is 310 g/mol. The molecule has 8 heteroatoms. The van der Waals surface area contributed by atoms with E-state index in [1.807, 2.05) is 13.8 Å². The average Bonchev–Trinajstić information content (AvgIpc) is 2.46. The summed E-state index contributed by atoms with van der Waals surface area (Å²) in [6.07, 6.45) is 0. The predicted octanol–water partition coefficient (Wildman–Crippen LogP) is 2.12. The Morgan fingerprint density at radius 3 is 2.55 bits per heavy atom. The van der Waals surface area contributed by atoms with Crippen LogP contribution < -0.4 is 10.2 Å². The van der Waals surface area contributed by atoms with Gasteiger partial charge in [0.2, 0.25) is 5.82 Å². The van der Waals surface area contributed by atoms with Crippen molar-refractivity contribution in [2.24, 2.45) is 0 Å². The number of aromatic nitrogens is 1. The third kappa shape index (κ3) is 4.31. The van der Waals surface area contributed by atoms with Gasteiger partial charge in [0.05, 0.1) is 11.5 Å². The van der Waals surface area contributed by atoms with Gasteiger partial charge in [0, 0.05) is 18.8 Å². The van der Waals surface area contributed by atoms with Crippen LogP contribution in [0.15, 0.2) is 6.07 Å². The summed E-state index contributed by atoms with van der Waals surface area (Å²) in [4.78, 5) is 28.5. The molecule has 1 N–H and O–H groups in total. The van der Waals surface area contributed by atoms with Crippen LogP contribution in [0.4, 0.5) is 17.2 Å². The van der Waals surface area contributed by atoms with E-state index in [1.54, 1.807) is 24.8 Å². The first-order valence-electron chi connectivity index (χ1n) is 7.24. The van der Waals surface area contributed by atoms with Crippen LogP contribution >= 0.6 is 0 Å².